The number of hydrogen-bond acceptors (Lipinski definition) is 3. The van der Waals surface area contributed by atoms with Crippen molar-refractivity contribution in [2.75, 3.05) is 13.7 Å². The lowest BCUT2D eigenvalue weighted by molar-refractivity contribution is -0.133. The molecule has 1 fully saturated rings. The highest BCUT2D eigenvalue weighted by molar-refractivity contribution is 6.42. The third-order valence-electron chi connectivity index (χ3n) is 3.88. The molecule has 3 rings (SSSR count). The fourth-order valence-electron chi connectivity index (χ4n) is 2.95. The highest BCUT2D eigenvalue weighted by Gasteiger charge is 2.37. The average molecular weight is 326 g/mol. The Morgan fingerprint density at radius 1 is 1.29 bits per heavy atom. The Labute approximate surface area is 132 Å². The summed E-state index contributed by atoms with van der Waals surface area (Å²) in [6, 6.07) is 3.45. The Morgan fingerprint density at radius 2 is 2.05 bits per heavy atom. The second-order valence-corrected chi connectivity index (χ2v) is 5.95. The number of allylic oxidation sites excluding steroid dienone is 2. The van der Waals surface area contributed by atoms with E-state index in [9.17, 15) is 9.59 Å². The van der Waals surface area contributed by atoms with Gasteiger partial charge in [-0.25, -0.2) is 0 Å². The number of carbonyl (C=O) groups is 2. The van der Waals surface area contributed by atoms with E-state index in [1.165, 1.54) is 0 Å². The van der Waals surface area contributed by atoms with Gasteiger partial charge >= 0.3 is 0 Å². The Balaban J connectivity index is 2.01. The molecule has 2 aliphatic heterocycles. The smallest absolute Gasteiger partial charge is 0.234 e. The van der Waals surface area contributed by atoms with Gasteiger partial charge in [-0.2, -0.15) is 0 Å². The fourth-order valence-corrected chi connectivity index (χ4v) is 3.42. The minimum absolute atomic E-state index is 0.0211. The summed E-state index contributed by atoms with van der Waals surface area (Å²) in [5.41, 5.74) is 1.54. The number of carbonyl (C=O) groups excluding carboxylic acids is 2. The number of methoxy groups -OCH3 is 1. The quantitative estimate of drug-likeness (QED) is 0.784. The maximum Gasteiger partial charge on any atom is 0.234 e. The Morgan fingerprint density at radius 3 is 2.76 bits per heavy atom. The third-order valence-corrected chi connectivity index (χ3v) is 4.70. The number of fused-ring (bicyclic) bond motifs is 1. The minimum atomic E-state index is -0.155. The molecule has 0 aliphatic carbocycles. The summed E-state index contributed by atoms with van der Waals surface area (Å²) >= 11 is 12.4. The number of ether oxygens (including phenoxy) is 1. The molecule has 1 amide bonds. The molecule has 2 aliphatic rings. The van der Waals surface area contributed by atoms with Gasteiger partial charge in [-0.3, -0.25) is 9.59 Å². The van der Waals surface area contributed by atoms with Crippen molar-refractivity contribution in [1.82, 2.24) is 4.90 Å². The van der Waals surface area contributed by atoms with E-state index in [4.69, 9.17) is 27.9 Å². The molecule has 110 valence electrons. The number of rotatable bonds is 2. The molecule has 0 aromatic heterocycles. The van der Waals surface area contributed by atoms with Gasteiger partial charge in [0, 0.05) is 29.8 Å². The highest BCUT2D eigenvalue weighted by Crippen LogP contribution is 2.45. The zero-order valence-electron chi connectivity index (χ0n) is 11.4. The Bertz CT molecular complexity index is 669. The molecule has 0 radical (unpaired) electrons. The standard InChI is InChI=1S/C15H13Cl2NO3/c1-21-12-3-2-11(16)15(17)14(12)8-4-9-5-10(19)6-13(20)18(9)7-8/h2-3,5,8H,4,6-7H2,1H3/t8-/m0/s1. The number of amides is 1. The lowest BCUT2D eigenvalue weighted by Gasteiger charge is -2.21. The Hall–Kier alpha value is -1.52. The van der Waals surface area contributed by atoms with E-state index in [1.54, 1.807) is 30.2 Å². The van der Waals surface area contributed by atoms with Crippen LogP contribution in [0.25, 0.3) is 0 Å². The first-order valence-electron chi connectivity index (χ1n) is 6.57. The van der Waals surface area contributed by atoms with Gasteiger partial charge in [-0.1, -0.05) is 23.2 Å². The number of halogens is 2. The SMILES string of the molecule is COc1ccc(Cl)c(Cl)c1[C@H]1CC2=CC(=O)CC(=O)N2C1. The molecule has 0 spiro atoms. The second-order valence-electron chi connectivity index (χ2n) is 5.16. The molecule has 0 saturated carbocycles. The van der Waals surface area contributed by atoms with Gasteiger partial charge in [0.15, 0.2) is 5.78 Å². The van der Waals surface area contributed by atoms with E-state index in [-0.39, 0.29) is 24.0 Å². The summed E-state index contributed by atoms with van der Waals surface area (Å²) in [7, 11) is 1.57. The van der Waals surface area contributed by atoms with Crippen molar-refractivity contribution in [2.24, 2.45) is 0 Å². The zero-order chi connectivity index (χ0) is 15.1. The summed E-state index contributed by atoms with van der Waals surface area (Å²) in [5.74, 6) is 0.328. The summed E-state index contributed by atoms with van der Waals surface area (Å²) in [5, 5.41) is 0.897. The van der Waals surface area contributed by atoms with E-state index in [2.05, 4.69) is 0 Å². The van der Waals surface area contributed by atoms with Crippen LogP contribution in [0.4, 0.5) is 0 Å². The van der Waals surface area contributed by atoms with Crippen LogP contribution in [0, 0.1) is 0 Å². The predicted molar refractivity (Wildman–Crippen MR) is 79.8 cm³/mol. The molecule has 0 bridgehead atoms. The van der Waals surface area contributed by atoms with Crippen LogP contribution >= 0.6 is 23.2 Å². The number of hydrogen-bond donors (Lipinski definition) is 0. The Kier molecular flexibility index (Phi) is 3.68. The average Bonchev–Trinajstić information content (AvgIpc) is 2.85. The molecule has 0 N–H and O–H groups in total. The van der Waals surface area contributed by atoms with E-state index in [0.29, 0.717) is 28.8 Å². The zero-order valence-corrected chi connectivity index (χ0v) is 12.9. The van der Waals surface area contributed by atoms with Gasteiger partial charge < -0.3 is 9.64 Å². The van der Waals surface area contributed by atoms with Crippen LogP contribution in [-0.2, 0) is 9.59 Å². The summed E-state index contributed by atoms with van der Waals surface area (Å²) < 4.78 is 5.36. The van der Waals surface area contributed by atoms with E-state index >= 15 is 0 Å². The first kappa shape index (κ1) is 14.4. The first-order valence-corrected chi connectivity index (χ1v) is 7.32. The molecular weight excluding hydrogens is 313 g/mol. The van der Waals surface area contributed by atoms with Gasteiger partial charge in [0.1, 0.15) is 5.75 Å². The maximum atomic E-state index is 11.9. The third kappa shape index (κ3) is 2.43. The van der Waals surface area contributed by atoms with Crippen LogP contribution < -0.4 is 4.74 Å². The minimum Gasteiger partial charge on any atom is -0.496 e. The highest BCUT2D eigenvalue weighted by atomic mass is 35.5. The van der Waals surface area contributed by atoms with Crippen molar-refractivity contribution in [3.63, 3.8) is 0 Å². The molecule has 4 nitrogen and oxygen atoms in total. The van der Waals surface area contributed by atoms with Crippen LogP contribution in [0.5, 0.6) is 5.75 Å². The summed E-state index contributed by atoms with van der Waals surface area (Å²) in [4.78, 5) is 25.1. The molecule has 1 atom stereocenters. The van der Waals surface area contributed by atoms with E-state index in [1.807, 2.05) is 0 Å². The lowest BCUT2D eigenvalue weighted by atomic mass is 9.96. The van der Waals surface area contributed by atoms with E-state index < -0.39 is 0 Å². The number of benzene rings is 1. The second kappa shape index (κ2) is 5.35. The summed E-state index contributed by atoms with van der Waals surface area (Å²) in [6.45, 7) is 0.494. The maximum absolute atomic E-state index is 11.9. The fraction of sp³-hybridized carbons (Fsp3) is 0.333. The number of ketones is 1. The van der Waals surface area contributed by atoms with Crippen LogP contribution in [0.3, 0.4) is 0 Å². The first-order chi connectivity index (χ1) is 10.0. The van der Waals surface area contributed by atoms with Gasteiger partial charge in [0.25, 0.3) is 0 Å². The van der Waals surface area contributed by atoms with Gasteiger partial charge in [-0.05, 0) is 18.6 Å². The normalized spacial score (nSPS) is 21.4. The largest absolute Gasteiger partial charge is 0.496 e. The molecule has 2 heterocycles. The molecule has 6 heteroatoms. The van der Waals surface area contributed by atoms with Gasteiger partial charge in [-0.15, -0.1) is 0 Å². The van der Waals surface area contributed by atoms with Crippen molar-refractivity contribution in [3.05, 3.63) is 39.5 Å². The van der Waals surface area contributed by atoms with E-state index in [0.717, 1.165) is 11.3 Å². The van der Waals surface area contributed by atoms with Crippen LogP contribution in [-0.4, -0.2) is 30.2 Å². The predicted octanol–water partition coefficient (Wildman–Crippen LogP) is 3.17. The molecule has 1 aromatic rings. The van der Waals surface area contributed by atoms with Crippen molar-refractivity contribution in [3.8, 4) is 5.75 Å². The summed E-state index contributed by atoms with van der Waals surface area (Å²) in [6.07, 6.45) is 2.07. The number of nitrogens with zero attached hydrogens (tertiary/aromatic N) is 1. The molecule has 21 heavy (non-hydrogen) atoms. The van der Waals surface area contributed by atoms with Gasteiger partial charge in [0.2, 0.25) is 5.91 Å². The van der Waals surface area contributed by atoms with Crippen LogP contribution in [0.2, 0.25) is 10.0 Å². The van der Waals surface area contributed by atoms with Gasteiger partial charge in [0.05, 0.1) is 23.6 Å². The van der Waals surface area contributed by atoms with Crippen LogP contribution in [0.15, 0.2) is 23.9 Å². The molecular formula is C15H13Cl2NO3. The molecule has 1 saturated heterocycles. The van der Waals surface area contributed by atoms with Crippen molar-refractivity contribution in [1.29, 1.82) is 0 Å². The monoisotopic (exact) mass is 325 g/mol. The van der Waals surface area contributed by atoms with Crippen molar-refractivity contribution < 1.29 is 14.3 Å². The lowest BCUT2D eigenvalue weighted by Crippen LogP contribution is -2.32. The molecule has 1 aromatic carbocycles. The van der Waals surface area contributed by atoms with Crippen molar-refractivity contribution in [2.45, 2.75) is 18.8 Å². The van der Waals surface area contributed by atoms with Crippen LogP contribution in [0.1, 0.15) is 24.3 Å². The topological polar surface area (TPSA) is 46.6 Å². The molecule has 0 unspecified atom stereocenters. The van der Waals surface area contributed by atoms with Crippen molar-refractivity contribution >= 4 is 34.9 Å².